The van der Waals surface area contributed by atoms with Crippen molar-refractivity contribution in [2.24, 2.45) is 0 Å². The maximum absolute atomic E-state index is 13.4. The molecule has 2 fully saturated rings. The largest absolute Gasteiger partial charge is 0.385 e. The van der Waals surface area contributed by atoms with E-state index in [0.29, 0.717) is 38.8 Å². The minimum absolute atomic E-state index is 0.00646. The van der Waals surface area contributed by atoms with E-state index in [1.54, 1.807) is 19.2 Å². The number of carbonyl (C=O) groups excluding carboxylic acids is 1. The molecule has 2 heterocycles. The standard InChI is InChI=1S/C24H29Cl2N3O4S/c1-33-16-6-13-29-23(30)20(17-18-7-3-2-4-8-18)27-24(29)11-14-28(15-12-24)34(31,32)21-10-5-9-19(25)22(21)26/h2-5,7-10,20,27H,6,11-17H2,1H3. The summed E-state index contributed by atoms with van der Waals surface area (Å²) in [4.78, 5) is 15.3. The van der Waals surface area contributed by atoms with Crippen LogP contribution in [0.25, 0.3) is 0 Å². The van der Waals surface area contributed by atoms with Gasteiger partial charge in [0.1, 0.15) is 4.90 Å². The van der Waals surface area contributed by atoms with Crippen LogP contribution in [0, 0.1) is 0 Å². The summed E-state index contributed by atoms with van der Waals surface area (Å²) in [6, 6.07) is 14.2. The first-order valence-corrected chi connectivity index (χ1v) is 13.5. The first-order chi connectivity index (χ1) is 16.3. The van der Waals surface area contributed by atoms with Crippen molar-refractivity contribution < 1.29 is 17.9 Å². The Morgan fingerprint density at radius 2 is 1.79 bits per heavy atom. The monoisotopic (exact) mass is 525 g/mol. The number of ether oxygens (including phenoxy) is 1. The molecule has 0 radical (unpaired) electrons. The molecule has 2 aromatic carbocycles. The lowest BCUT2D eigenvalue weighted by Gasteiger charge is -2.44. The molecule has 1 atom stereocenters. The van der Waals surface area contributed by atoms with Gasteiger partial charge in [-0.2, -0.15) is 4.31 Å². The van der Waals surface area contributed by atoms with E-state index < -0.39 is 15.7 Å². The number of sulfonamides is 1. The molecule has 0 aliphatic carbocycles. The quantitative estimate of drug-likeness (QED) is 0.533. The minimum Gasteiger partial charge on any atom is -0.385 e. The van der Waals surface area contributed by atoms with Gasteiger partial charge in [0.15, 0.2) is 0 Å². The molecule has 2 aromatic rings. The lowest BCUT2D eigenvalue weighted by Crippen LogP contribution is -2.59. The van der Waals surface area contributed by atoms with Gasteiger partial charge in [-0.05, 0) is 43.4 Å². The van der Waals surface area contributed by atoms with Gasteiger partial charge in [0.05, 0.1) is 21.7 Å². The zero-order chi connectivity index (χ0) is 24.3. The van der Waals surface area contributed by atoms with Crippen molar-refractivity contribution in [2.45, 2.75) is 42.3 Å². The van der Waals surface area contributed by atoms with Crippen LogP contribution in [-0.2, 0) is 26.0 Å². The molecule has 34 heavy (non-hydrogen) atoms. The Bertz CT molecular complexity index is 1120. The van der Waals surface area contributed by atoms with Gasteiger partial charge in [0.2, 0.25) is 15.9 Å². The van der Waals surface area contributed by atoms with Gasteiger partial charge in [-0.1, -0.05) is 59.6 Å². The average Bonchev–Trinajstić information content (AvgIpc) is 3.07. The first-order valence-electron chi connectivity index (χ1n) is 11.3. The number of amides is 1. The van der Waals surface area contributed by atoms with E-state index in [-0.39, 0.29) is 40.0 Å². The van der Waals surface area contributed by atoms with Crippen LogP contribution in [-0.4, -0.2) is 68.6 Å². The second-order valence-corrected chi connectivity index (χ2v) is 11.4. The molecule has 0 aromatic heterocycles. The molecule has 1 spiro atoms. The fourth-order valence-corrected chi connectivity index (χ4v) is 7.05. The number of methoxy groups -OCH3 is 1. The maximum atomic E-state index is 13.4. The molecule has 2 aliphatic heterocycles. The summed E-state index contributed by atoms with van der Waals surface area (Å²) in [6.07, 6.45) is 2.26. The fraction of sp³-hybridized carbons (Fsp3) is 0.458. The van der Waals surface area contributed by atoms with Crippen molar-refractivity contribution in [3.8, 4) is 0 Å². The van der Waals surface area contributed by atoms with Gasteiger partial charge in [0, 0.05) is 33.4 Å². The molecular weight excluding hydrogens is 497 g/mol. The number of nitrogens with one attached hydrogen (secondary N) is 1. The highest BCUT2D eigenvalue weighted by atomic mass is 35.5. The second kappa shape index (κ2) is 10.5. The van der Waals surface area contributed by atoms with Gasteiger partial charge in [-0.25, -0.2) is 8.42 Å². The van der Waals surface area contributed by atoms with Gasteiger partial charge in [0.25, 0.3) is 0 Å². The van der Waals surface area contributed by atoms with E-state index in [2.05, 4.69) is 5.32 Å². The highest BCUT2D eigenvalue weighted by Gasteiger charge is 2.52. The third kappa shape index (κ3) is 4.98. The molecule has 4 rings (SSSR count). The zero-order valence-electron chi connectivity index (χ0n) is 19.0. The number of piperidine rings is 1. The van der Waals surface area contributed by atoms with Gasteiger partial charge >= 0.3 is 0 Å². The Labute approximate surface area is 211 Å². The predicted molar refractivity (Wildman–Crippen MR) is 132 cm³/mol. The number of halogens is 2. The van der Waals surface area contributed by atoms with Crippen LogP contribution in [0.3, 0.4) is 0 Å². The third-order valence-corrected chi connectivity index (χ3v) is 9.49. The number of hydrogen-bond donors (Lipinski definition) is 1. The van der Waals surface area contributed by atoms with Crippen LogP contribution in [0.1, 0.15) is 24.8 Å². The normalized spacial score (nSPS) is 20.9. The van der Waals surface area contributed by atoms with E-state index in [0.717, 1.165) is 5.56 Å². The van der Waals surface area contributed by atoms with Crippen molar-refractivity contribution in [2.75, 3.05) is 33.4 Å². The van der Waals surface area contributed by atoms with Crippen LogP contribution in [0.2, 0.25) is 10.0 Å². The smallest absolute Gasteiger partial charge is 0.244 e. The molecule has 1 unspecified atom stereocenters. The molecule has 1 N–H and O–H groups in total. The average molecular weight is 526 g/mol. The first kappa shape index (κ1) is 25.4. The van der Waals surface area contributed by atoms with Gasteiger partial charge in [-0.15, -0.1) is 0 Å². The van der Waals surface area contributed by atoms with E-state index in [9.17, 15) is 13.2 Å². The Kier molecular flexibility index (Phi) is 7.86. The van der Waals surface area contributed by atoms with Gasteiger partial charge in [-0.3, -0.25) is 10.1 Å². The second-order valence-electron chi connectivity index (χ2n) is 8.71. The Balaban J connectivity index is 1.53. The highest BCUT2D eigenvalue weighted by molar-refractivity contribution is 7.89. The summed E-state index contributed by atoms with van der Waals surface area (Å²) in [5, 5.41) is 3.81. The van der Waals surface area contributed by atoms with Gasteiger partial charge < -0.3 is 9.64 Å². The Hall–Kier alpha value is -1.68. The molecule has 0 saturated carbocycles. The Morgan fingerprint density at radius 1 is 1.09 bits per heavy atom. The van der Waals surface area contributed by atoms with E-state index in [1.165, 1.54) is 10.4 Å². The molecule has 1 amide bonds. The lowest BCUT2D eigenvalue weighted by atomic mass is 9.97. The molecule has 0 bridgehead atoms. The van der Waals surface area contributed by atoms with Crippen LogP contribution in [0.4, 0.5) is 0 Å². The SMILES string of the molecule is COCCCN1C(=O)C(Cc2ccccc2)NC12CCN(S(=O)(=O)c1cccc(Cl)c1Cl)CC2. The number of nitrogens with zero attached hydrogens (tertiary/aromatic N) is 2. The number of hydrogen-bond acceptors (Lipinski definition) is 5. The third-order valence-electron chi connectivity index (χ3n) is 6.62. The topological polar surface area (TPSA) is 79.0 Å². The number of rotatable bonds is 8. The highest BCUT2D eigenvalue weighted by Crippen LogP contribution is 2.37. The number of carbonyl (C=O) groups is 1. The van der Waals surface area contributed by atoms with E-state index >= 15 is 0 Å². The fourth-order valence-electron chi connectivity index (χ4n) is 4.88. The van der Waals surface area contributed by atoms with Crippen molar-refractivity contribution in [1.29, 1.82) is 0 Å². The summed E-state index contributed by atoms with van der Waals surface area (Å²) >= 11 is 12.3. The summed E-state index contributed by atoms with van der Waals surface area (Å²) in [5.41, 5.74) is 0.492. The minimum atomic E-state index is -3.81. The summed E-state index contributed by atoms with van der Waals surface area (Å²) in [6.45, 7) is 1.64. The van der Waals surface area contributed by atoms with Crippen LogP contribution >= 0.6 is 23.2 Å². The molecule has 10 heteroatoms. The summed E-state index contributed by atoms with van der Waals surface area (Å²) in [7, 11) is -2.17. The van der Waals surface area contributed by atoms with E-state index in [1.807, 2.05) is 35.2 Å². The van der Waals surface area contributed by atoms with Crippen molar-refractivity contribution in [1.82, 2.24) is 14.5 Å². The predicted octanol–water partition coefficient (Wildman–Crippen LogP) is 3.55. The Morgan fingerprint density at radius 3 is 2.47 bits per heavy atom. The molecule has 184 valence electrons. The van der Waals surface area contributed by atoms with Crippen LogP contribution < -0.4 is 5.32 Å². The van der Waals surface area contributed by atoms with E-state index in [4.69, 9.17) is 27.9 Å². The summed E-state index contributed by atoms with van der Waals surface area (Å²) < 4.78 is 33.2. The van der Waals surface area contributed by atoms with Crippen LogP contribution in [0.5, 0.6) is 0 Å². The van der Waals surface area contributed by atoms with Crippen molar-refractivity contribution >= 4 is 39.1 Å². The maximum Gasteiger partial charge on any atom is 0.244 e. The molecule has 2 saturated heterocycles. The molecular formula is C24H29Cl2N3O4S. The summed E-state index contributed by atoms with van der Waals surface area (Å²) in [5.74, 6) is 0.0501. The molecule has 2 aliphatic rings. The zero-order valence-corrected chi connectivity index (χ0v) is 21.4. The van der Waals surface area contributed by atoms with Crippen molar-refractivity contribution in [3.63, 3.8) is 0 Å². The lowest BCUT2D eigenvalue weighted by molar-refractivity contribution is -0.133. The number of benzene rings is 2. The van der Waals surface area contributed by atoms with Crippen LogP contribution in [0.15, 0.2) is 53.4 Å². The molecule has 7 nitrogen and oxygen atoms in total. The van der Waals surface area contributed by atoms with Crippen molar-refractivity contribution in [3.05, 3.63) is 64.1 Å².